The molecule has 1 aromatic rings. The molecule has 0 aromatic heterocycles. The maximum Gasteiger partial charge on any atom is 0.243 e. The second-order valence-corrected chi connectivity index (χ2v) is 8.12. The van der Waals surface area contributed by atoms with Crippen molar-refractivity contribution in [2.24, 2.45) is 5.92 Å². The molecule has 2 rings (SSSR count). The fourth-order valence-electron chi connectivity index (χ4n) is 2.96. The first-order valence-electron chi connectivity index (χ1n) is 7.56. The lowest BCUT2D eigenvalue weighted by Gasteiger charge is -2.32. The fraction of sp³-hybridized carbons (Fsp3) is 0.625. The third-order valence-electron chi connectivity index (χ3n) is 4.51. The molecule has 0 amide bonds. The van der Waals surface area contributed by atoms with Gasteiger partial charge in [-0.1, -0.05) is 19.4 Å². The quantitative estimate of drug-likeness (QED) is 0.787. The first-order chi connectivity index (χ1) is 9.90. The lowest BCUT2D eigenvalue weighted by molar-refractivity contribution is 0.261. The molecule has 0 radical (unpaired) electrons. The summed E-state index contributed by atoms with van der Waals surface area (Å²) in [5.41, 5.74) is 2.68. The molecule has 1 atom stereocenters. The van der Waals surface area contributed by atoms with Crippen LogP contribution in [0.5, 0.6) is 0 Å². The molecule has 0 spiro atoms. The van der Waals surface area contributed by atoms with E-state index in [0.29, 0.717) is 29.8 Å². The van der Waals surface area contributed by atoms with E-state index in [1.165, 1.54) is 0 Å². The largest absolute Gasteiger partial charge is 0.243 e. The van der Waals surface area contributed by atoms with Gasteiger partial charge in [0, 0.05) is 19.0 Å². The van der Waals surface area contributed by atoms with Gasteiger partial charge < -0.3 is 0 Å². The molecule has 1 aliphatic rings. The van der Waals surface area contributed by atoms with Crippen LogP contribution in [0.2, 0.25) is 0 Å². The fourth-order valence-corrected chi connectivity index (χ4v) is 5.02. The summed E-state index contributed by atoms with van der Waals surface area (Å²) in [7, 11) is -3.42. The molecule has 1 unspecified atom stereocenters. The van der Waals surface area contributed by atoms with Crippen LogP contribution < -0.4 is 0 Å². The van der Waals surface area contributed by atoms with Gasteiger partial charge in [0.2, 0.25) is 10.0 Å². The van der Waals surface area contributed by atoms with Crippen molar-refractivity contribution >= 4 is 21.6 Å². The Morgan fingerprint density at radius 3 is 2.67 bits per heavy atom. The maximum absolute atomic E-state index is 13.0. The van der Waals surface area contributed by atoms with Gasteiger partial charge in [0.15, 0.2) is 0 Å². The molecular formula is C16H24ClNO2S. The second-order valence-electron chi connectivity index (χ2n) is 5.95. The molecule has 118 valence electrons. The Bertz CT molecular complexity index is 613. The van der Waals surface area contributed by atoms with E-state index in [9.17, 15) is 8.42 Å². The second kappa shape index (κ2) is 6.67. The van der Waals surface area contributed by atoms with Crippen molar-refractivity contribution in [1.29, 1.82) is 0 Å². The monoisotopic (exact) mass is 329 g/mol. The number of alkyl halides is 1. The maximum atomic E-state index is 13.0. The number of hydrogen-bond donors (Lipinski definition) is 0. The van der Waals surface area contributed by atoms with Crippen molar-refractivity contribution in [2.45, 2.75) is 50.8 Å². The van der Waals surface area contributed by atoms with Gasteiger partial charge in [-0.05, 0) is 55.4 Å². The highest BCUT2D eigenvalue weighted by Crippen LogP contribution is 2.29. The predicted octanol–water partition coefficient (Wildman–Crippen LogP) is 3.85. The normalized spacial score (nSPS) is 20.7. The van der Waals surface area contributed by atoms with Gasteiger partial charge in [0.05, 0.1) is 4.90 Å². The molecule has 0 N–H and O–H groups in total. The summed E-state index contributed by atoms with van der Waals surface area (Å²) in [5, 5.41) is 0. The third-order valence-corrected chi connectivity index (χ3v) is 6.81. The SMILES string of the molecule is CCC1CCCN(S(=O)(=O)c2cc(CCl)cc(C)c2C)C1. The molecule has 3 nitrogen and oxygen atoms in total. The van der Waals surface area contributed by atoms with Crippen LogP contribution in [0.25, 0.3) is 0 Å². The van der Waals surface area contributed by atoms with Crippen molar-refractivity contribution in [3.8, 4) is 0 Å². The van der Waals surface area contributed by atoms with E-state index in [1.807, 2.05) is 19.9 Å². The zero-order chi connectivity index (χ0) is 15.6. The number of nitrogens with zero attached hydrogens (tertiary/aromatic N) is 1. The number of aryl methyl sites for hydroxylation is 1. The van der Waals surface area contributed by atoms with Gasteiger partial charge >= 0.3 is 0 Å². The van der Waals surface area contributed by atoms with Gasteiger partial charge in [0.25, 0.3) is 0 Å². The summed E-state index contributed by atoms with van der Waals surface area (Å²) in [6.45, 7) is 7.21. The summed E-state index contributed by atoms with van der Waals surface area (Å²) in [6.07, 6.45) is 3.11. The number of hydrogen-bond acceptors (Lipinski definition) is 2. The van der Waals surface area contributed by atoms with Gasteiger partial charge in [-0.25, -0.2) is 8.42 Å². The molecule has 1 heterocycles. The molecular weight excluding hydrogens is 306 g/mol. The van der Waals surface area contributed by atoms with E-state index in [2.05, 4.69) is 6.92 Å². The highest BCUT2D eigenvalue weighted by atomic mass is 35.5. The number of halogens is 1. The summed E-state index contributed by atoms with van der Waals surface area (Å²) < 4.78 is 27.6. The van der Waals surface area contributed by atoms with E-state index >= 15 is 0 Å². The van der Waals surface area contributed by atoms with E-state index in [-0.39, 0.29) is 0 Å². The summed E-state index contributed by atoms with van der Waals surface area (Å²) in [6, 6.07) is 3.70. The standard InChI is InChI=1S/C16H24ClNO2S/c1-4-14-6-5-7-18(11-14)21(19,20)16-9-15(10-17)8-12(2)13(16)3/h8-9,14H,4-7,10-11H2,1-3H3. The van der Waals surface area contributed by atoms with Crippen molar-refractivity contribution in [3.63, 3.8) is 0 Å². The molecule has 1 aromatic carbocycles. The smallest absolute Gasteiger partial charge is 0.207 e. The third kappa shape index (κ3) is 3.43. The van der Waals surface area contributed by atoms with E-state index in [4.69, 9.17) is 11.6 Å². The first kappa shape index (κ1) is 16.8. The van der Waals surface area contributed by atoms with Crippen LogP contribution in [0.3, 0.4) is 0 Å². The number of benzene rings is 1. The van der Waals surface area contributed by atoms with Crippen molar-refractivity contribution in [3.05, 3.63) is 28.8 Å². The molecule has 0 saturated carbocycles. The summed E-state index contributed by atoms with van der Waals surface area (Å²) in [5.74, 6) is 0.812. The highest BCUT2D eigenvalue weighted by Gasteiger charge is 2.31. The molecule has 1 fully saturated rings. The summed E-state index contributed by atoms with van der Waals surface area (Å²) >= 11 is 5.90. The number of rotatable bonds is 4. The van der Waals surface area contributed by atoms with Crippen molar-refractivity contribution in [1.82, 2.24) is 4.31 Å². The van der Waals surface area contributed by atoms with Crippen LogP contribution in [0.1, 0.15) is 42.9 Å². The van der Waals surface area contributed by atoms with Gasteiger partial charge in [-0.3, -0.25) is 0 Å². The van der Waals surface area contributed by atoms with E-state index in [1.54, 1.807) is 10.4 Å². The van der Waals surface area contributed by atoms with Gasteiger partial charge in [0.1, 0.15) is 0 Å². The zero-order valence-electron chi connectivity index (χ0n) is 13.0. The molecule has 21 heavy (non-hydrogen) atoms. The lowest BCUT2D eigenvalue weighted by Crippen LogP contribution is -2.40. The Morgan fingerprint density at radius 2 is 2.05 bits per heavy atom. The molecule has 0 aliphatic carbocycles. The Morgan fingerprint density at radius 1 is 1.33 bits per heavy atom. The molecule has 1 aliphatic heterocycles. The number of sulfonamides is 1. The lowest BCUT2D eigenvalue weighted by atomic mass is 9.97. The Kier molecular flexibility index (Phi) is 5.33. The first-order valence-corrected chi connectivity index (χ1v) is 9.53. The van der Waals surface area contributed by atoms with Gasteiger partial charge in [-0.2, -0.15) is 4.31 Å². The Balaban J connectivity index is 2.41. The van der Waals surface area contributed by atoms with Crippen molar-refractivity contribution in [2.75, 3.05) is 13.1 Å². The topological polar surface area (TPSA) is 37.4 Å². The Labute approximate surface area is 133 Å². The summed E-state index contributed by atoms with van der Waals surface area (Å²) in [4.78, 5) is 0.426. The van der Waals surface area contributed by atoms with Crippen LogP contribution in [0.4, 0.5) is 0 Å². The minimum Gasteiger partial charge on any atom is -0.207 e. The highest BCUT2D eigenvalue weighted by molar-refractivity contribution is 7.89. The van der Waals surface area contributed by atoms with Crippen LogP contribution in [0.15, 0.2) is 17.0 Å². The average Bonchev–Trinajstić information content (AvgIpc) is 2.49. The predicted molar refractivity (Wildman–Crippen MR) is 87.2 cm³/mol. The van der Waals surface area contributed by atoms with E-state index in [0.717, 1.165) is 36.0 Å². The molecule has 0 bridgehead atoms. The number of piperidine rings is 1. The Hall–Kier alpha value is -0.580. The minimum atomic E-state index is -3.42. The zero-order valence-corrected chi connectivity index (χ0v) is 14.6. The van der Waals surface area contributed by atoms with Crippen LogP contribution in [-0.2, 0) is 15.9 Å². The van der Waals surface area contributed by atoms with Gasteiger partial charge in [-0.15, -0.1) is 11.6 Å². The van der Waals surface area contributed by atoms with Crippen LogP contribution >= 0.6 is 11.6 Å². The minimum absolute atomic E-state index is 0.335. The average molecular weight is 330 g/mol. The van der Waals surface area contributed by atoms with Crippen molar-refractivity contribution < 1.29 is 8.42 Å². The van der Waals surface area contributed by atoms with Crippen LogP contribution in [-0.4, -0.2) is 25.8 Å². The molecule has 1 saturated heterocycles. The van der Waals surface area contributed by atoms with Crippen LogP contribution in [0, 0.1) is 19.8 Å². The van der Waals surface area contributed by atoms with E-state index < -0.39 is 10.0 Å². The molecule has 5 heteroatoms.